The second-order valence-electron chi connectivity index (χ2n) is 7.83. The van der Waals surface area contributed by atoms with Crippen LogP contribution in [0.3, 0.4) is 0 Å². The summed E-state index contributed by atoms with van der Waals surface area (Å²) >= 11 is 0. The molecule has 2 aromatic rings. The summed E-state index contributed by atoms with van der Waals surface area (Å²) in [6.45, 7) is 5.59. The number of nitrogens with one attached hydrogen (secondary N) is 2. The van der Waals surface area contributed by atoms with E-state index in [4.69, 9.17) is 0 Å². The van der Waals surface area contributed by atoms with E-state index in [1.54, 1.807) is 0 Å². The van der Waals surface area contributed by atoms with E-state index in [0.717, 1.165) is 42.6 Å². The Labute approximate surface area is 168 Å². The number of halogens is 1. The standard InChI is InChI=1S/C22H28N3O.ClH/c1-17-6-8-19(9-7-17)24-21-5-3-2-4-20(21)23-16-22(26)25-13-10-18(11-14-25)12-15-25;/h2-9,18,23-24H,10-16H2,1H3;1H/q+1;/p-1. The molecule has 0 atom stereocenters. The van der Waals surface area contributed by atoms with Crippen LogP contribution in [-0.4, -0.2) is 36.6 Å². The SMILES string of the molecule is Cc1ccc(Nc2ccccc2NCC(=O)[N+]23CCC(CC2)CC3)cc1.[Cl-]. The first-order chi connectivity index (χ1) is 12.6. The predicted octanol–water partition coefficient (Wildman–Crippen LogP) is 1.31. The van der Waals surface area contributed by atoms with E-state index >= 15 is 0 Å². The van der Waals surface area contributed by atoms with E-state index in [1.807, 2.05) is 24.3 Å². The molecule has 0 spiro atoms. The molecule has 5 heteroatoms. The van der Waals surface area contributed by atoms with Crippen molar-refractivity contribution in [1.29, 1.82) is 0 Å². The predicted molar refractivity (Wildman–Crippen MR) is 107 cm³/mol. The third kappa shape index (κ3) is 4.28. The van der Waals surface area contributed by atoms with Gasteiger partial charge < -0.3 is 23.0 Å². The first-order valence-electron chi connectivity index (χ1n) is 9.71. The van der Waals surface area contributed by atoms with Crippen molar-refractivity contribution in [3.63, 3.8) is 0 Å². The van der Waals surface area contributed by atoms with E-state index < -0.39 is 0 Å². The van der Waals surface area contributed by atoms with E-state index in [0.29, 0.717) is 16.9 Å². The Morgan fingerprint density at radius 1 is 0.963 bits per heavy atom. The zero-order chi connectivity index (χ0) is 18.0. The number of anilines is 3. The summed E-state index contributed by atoms with van der Waals surface area (Å²) in [7, 11) is 0. The molecular weight excluding hydrogens is 358 g/mol. The Morgan fingerprint density at radius 2 is 1.56 bits per heavy atom. The van der Waals surface area contributed by atoms with Gasteiger partial charge in [-0.25, -0.2) is 4.79 Å². The lowest BCUT2D eigenvalue weighted by Gasteiger charge is -2.46. The van der Waals surface area contributed by atoms with Gasteiger partial charge in [-0.05, 0) is 37.1 Å². The number of fused-ring (bicyclic) bond motifs is 3. The number of hydrogen-bond donors (Lipinski definition) is 2. The molecule has 0 aromatic heterocycles. The number of quaternary nitrogens is 1. The van der Waals surface area contributed by atoms with Gasteiger partial charge in [0.15, 0.2) is 0 Å². The number of para-hydroxylation sites is 2. The molecule has 0 saturated carbocycles. The molecule has 5 rings (SSSR count). The zero-order valence-electron chi connectivity index (χ0n) is 15.9. The maximum absolute atomic E-state index is 12.9. The number of hydrogen-bond acceptors (Lipinski definition) is 3. The normalized spacial score (nSPS) is 23.4. The average molecular weight is 386 g/mol. The molecule has 3 fully saturated rings. The monoisotopic (exact) mass is 385 g/mol. The number of carbonyl (C=O) groups excluding carboxylic acids is 1. The lowest BCUT2D eigenvalue weighted by atomic mass is 9.85. The molecule has 1 amide bonds. The molecular formula is C22H28ClN3O. The largest absolute Gasteiger partial charge is 1.00 e. The van der Waals surface area contributed by atoms with Gasteiger partial charge in [0.1, 0.15) is 6.54 Å². The fourth-order valence-electron chi connectivity index (χ4n) is 4.31. The van der Waals surface area contributed by atoms with Crippen LogP contribution >= 0.6 is 0 Å². The van der Waals surface area contributed by atoms with Crippen molar-refractivity contribution in [3.8, 4) is 0 Å². The van der Waals surface area contributed by atoms with Crippen LogP contribution in [0.15, 0.2) is 48.5 Å². The summed E-state index contributed by atoms with van der Waals surface area (Å²) in [5.74, 6) is 1.21. The molecule has 27 heavy (non-hydrogen) atoms. The Morgan fingerprint density at radius 3 is 2.19 bits per heavy atom. The third-order valence-electron chi connectivity index (χ3n) is 6.11. The van der Waals surface area contributed by atoms with E-state index in [-0.39, 0.29) is 12.4 Å². The Kier molecular flexibility index (Phi) is 6.08. The second kappa shape index (κ2) is 8.32. The molecule has 3 heterocycles. The molecule has 0 radical (unpaired) electrons. The van der Waals surface area contributed by atoms with Crippen molar-refractivity contribution >= 4 is 23.0 Å². The van der Waals surface area contributed by atoms with E-state index in [2.05, 4.69) is 41.8 Å². The highest BCUT2D eigenvalue weighted by Crippen LogP contribution is 2.34. The Bertz CT molecular complexity index is 769. The summed E-state index contributed by atoms with van der Waals surface area (Å²) in [6.07, 6.45) is 3.66. The quantitative estimate of drug-likeness (QED) is 0.762. The number of rotatable bonds is 5. The highest BCUT2D eigenvalue weighted by atomic mass is 35.5. The number of carbonyl (C=O) groups is 1. The van der Waals surface area contributed by atoms with Crippen LogP contribution in [-0.2, 0) is 4.79 Å². The van der Waals surface area contributed by atoms with Gasteiger partial charge in [-0.15, -0.1) is 0 Å². The lowest BCUT2D eigenvalue weighted by molar-refractivity contribution is -0.870. The van der Waals surface area contributed by atoms with Crippen LogP contribution in [0.5, 0.6) is 0 Å². The summed E-state index contributed by atoms with van der Waals surface area (Å²) in [6, 6.07) is 16.4. The Balaban J connectivity index is 0.00000210. The van der Waals surface area contributed by atoms with Crippen molar-refractivity contribution in [2.45, 2.75) is 26.2 Å². The molecule has 2 aromatic carbocycles. The van der Waals surface area contributed by atoms with Gasteiger partial charge in [-0.2, -0.15) is 0 Å². The summed E-state index contributed by atoms with van der Waals surface area (Å²) in [5.41, 5.74) is 4.27. The highest BCUT2D eigenvalue weighted by molar-refractivity contribution is 5.80. The second-order valence-corrected chi connectivity index (χ2v) is 7.83. The maximum atomic E-state index is 12.9. The van der Waals surface area contributed by atoms with Crippen molar-refractivity contribution < 1.29 is 21.7 Å². The van der Waals surface area contributed by atoms with Crippen LogP contribution in [0, 0.1) is 12.8 Å². The molecule has 2 bridgehead atoms. The van der Waals surface area contributed by atoms with E-state index in [9.17, 15) is 4.79 Å². The van der Waals surface area contributed by atoms with Gasteiger partial charge in [0.2, 0.25) is 0 Å². The van der Waals surface area contributed by atoms with Gasteiger partial charge in [0.05, 0.1) is 31.0 Å². The molecule has 3 saturated heterocycles. The fraction of sp³-hybridized carbons (Fsp3) is 0.409. The highest BCUT2D eigenvalue weighted by Gasteiger charge is 2.44. The van der Waals surface area contributed by atoms with Crippen LogP contribution < -0.4 is 23.0 Å². The first kappa shape index (κ1) is 19.7. The van der Waals surface area contributed by atoms with Gasteiger partial charge in [-0.3, -0.25) is 4.48 Å². The lowest BCUT2D eigenvalue weighted by Crippen LogP contribution is -3.00. The minimum atomic E-state index is 0. The number of nitrogens with zero attached hydrogens (tertiary/aromatic N) is 1. The van der Waals surface area contributed by atoms with Crippen LogP contribution in [0.25, 0.3) is 0 Å². The molecule has 4 nitrogen and oxygen atoms in total. The molecule has 2 N–H and O–H groups in total. The van der Waals surface area contributed by atoms with Crippen molar-refractivity contribution in [2.75, 3.05) is 36.8 Å². The topological polar surface area (TPSA) is 41.1 Å². The van der Waals surface area contributed by atoms with E-state index in [1.165, 1.54) is 24.8 Å². The molecule has 0 unspecified atom stereocenters. The van der Waals surface area contributed by atoms with Crippen molar-refractivity contribution in [3.05, 3.63) is 54.1 Å². The van der Waals surface area contributed by atoms with Gasteiger partial charge in [0.25, 0.3) is 0 Å². The molecule has 144 valence electrons. The minimum Gasteiger partial charge on any atom is -1.00 e. The summed E-state index contributed by atoms with van der Waals surface area (Å²) in [5, 5.41) is 6.85. The maximum Gasteiger partial charge on any atom is 0.332 e. The van der Waals surface area contributed by atoms with Crippen LogP contribution in [0.4, 0.5) is 17.1 Å². The summed E-state index contributed by atoms with van der Waals surface area (Å²) in [4.78, 5) is 12.9. The molecule has 0 aliphatic carbocycles. The zero-order valence-corrected chi connectivity index (χ0v) is 16.6. The third-order valence-corrected chi connectivity index (χ3v) is 6.11. The molecule has 3 aliphatic heterocycles. The van der Waals surface area contributed by atoms with Crippen LogP contribution in [0.1, 0.15) is 24.8 Å². The van der Waals surface area contributed by atoms with Crippen LogP contribution in [0.2, 0.25) is 0 Å². The first-order valence-corrected chi connectivity index (χ1v) is 9.71. The number of piperidine rings is 3. The minimum absolute atomic E-state index is 0. The average Bonchev–Trinajstić information content (AvgIpc) is 2.70. The van der Waals surface area contributed by atoms with Gasteiger partial charge >= 0.3 is 5.91 Å². The van der Waals surface area contributed by atoms with Gasteiger partial charge in [-0.1, -0.05) is 29.8 Å². The fourth-order valence-corrected chi connectivity index (χ4v) is 4.31. The van der Waals surface area contributed by atoms with Crippen molar-refractivity contribution in [1.82, 2.24) is 0 Å². The van der Waals surface area contributed by atoms with Gasteiger partial charge in [0, 0.05) is 24.9 Å². The number of benzene rings is 2. The number of amides is 1. The molecule has 3 aliphatic rings. The Hall–Kier alpha value is -2.04. The summed E-state index contributed by atoms with van der Waals surface area (Å²) < 4.78 is 0.692. The van der Waals surface area contributed by atoms with Crippen molar-refractivity contribution in [2.24, 2.45) is 5.92 Å². The number of aryl methyl sites for hydroxylation is 1. The smallest absolute Gasteiger partial charge is 0.332 e.